The SMILES string of the molecule is CCNC(=NCc1cc(Cl)ccc1OC(F)F)NCCS(C)(=O)=O. The van der Waals surface area contributed by atoms with Crippen LogP contribution in [0.2, 0.25) is 5.02 Å². The fourth-order valence-corrected chi connectivity index (χ4v) is 2.41. The lowest BCUT2D eigenvalue weighted by atomic mass is 10.2. The molecule has 136 valence electrons. The molecular weight excluding hydrogens is 364 g/mol. The molecule has 24 heavy (non-hydrogen) atoms. The highest BCUT2D eigenvalue weighted by Gasteiger charge is 2.10. The van der Waals surface area contributed by atoms with E-state index >= 15 is 0 Å². The highest BCUT2D eigenvalue weighted by Crippen LogP contribution is 2.25. The lowest BCUT2D eigenvalue weighted by molar-refractivity contribution is -0.0504. The molecule has 0 aliphatic heterocycles. The van der Waals surface area contributed by atoms with Crippen molar-refractivity contribution in [3.8, 4) is 5.75 Å². The summed E-state index contributed by atoms with van der Waals surface area (Å²) in [6.07, 6.45) is 1.14. The van der Waals surface area contributed by atoms with Crippen LogP contribution in [0.25, 0.3) is 0 Å². The number of nitrogens with zero attached hydrogens (tertiary/aromatic N) is 1. The number of hydrogen-bond donors (Lipinski definition) is 2. The average molecular weight is 384 g/mol. The predicted octanol–water partition coefficient (Wildman–Crippen LogP) is 2.04. The van der Waals surface area contributed by atoms with Gasteiger partial charge in [0.25, 0.3) is 0 Å². The summed E-state index contributed by atoms with van der Waals surface area (Å²) in [6.45, 7) is -0.327. The van der Waals surface area contributed by atoms with E-state index in [0.29, 0.717) is 23.1 Å². The molecule has 0 saturated heterocycles. The Bertz CT molecular complexity index is 669. The maximum atomic E-state index is 12.4. The molecule has 1 aromatic carbocycles. The quantitative estimate of drug-likeness (QED) is 0.530. The Hall–Kier alpha value is -1.61. The number of ether oxygens (including phenoxy) is 1. The zero-order valence-electron chi connectivity index (χ0n) is 13.4. The topological polar surface area (TPSA) is 79.8 Å². The van der Waals surface area contributed by atoms with Gasteiger partial charge in [-0.05, 0) is 25.1 Å². The summed E-state index contributed by atoms with van der Waals surface area (Å²) in [5, 5.41) is 6.17. The van der Waals surface area contributed by atoms with Crippen LogP contribution in [0.15, 0.2) is 23.2 Å². The third-order valence-electron chi connectivity index (χ3n) is 2.76. The van der Waals surface area contributed by atoms with E-state index in [1.165, 1.54) is 18.2 Å². The predicted molar refractivity (Wildman–Crippen MR) is 90.6 cm³/mol. The molecule has 0 aromatic heterocycles. The van der Waals surface area contributed by atoms with E-state index in [9.17, 15) is 17.2 Å². The summed E-state index contributed by atoms with van der Waals surface area (Å²) in [7, 11) is -3.09. The van der Waals surface area contributed by atoms with Gasteiger partial charge in [0.2, 0.25) is 0 Å². The number of halogens is 3. The number of nitrogens with one attached hydrogen (secondary N) is 2. The molecule has 0 fully saturated rings. The third kappa shape index (κ3) is 8.30. The molecule has 0 aliphatic carbocycles. The molecule has 2 N–H and O–H groups in total. The van der Waals surface area contributed by atoms with Crippen molar-refractivity contribution < 1.29 is 21.9 Å². The van der Waals surface area contributed by atoms with Crippen LogP contribution in [0.3, 0.4) is 0 Å². The zero-order valence-corrected chi connectivity index (χ0v) is 14.9. The zero-order chi connectivity index (χ0) is 18.2. The van der Waals surface area contributed by atoms with Crippen molar-refractivity contribution in [3.63, 3.8) is 0 Å². The normalized spacial score (nSPS) is 12.3. The summed E-state index contributed by atoms with van der Waals surface area (Å²) in [5.41, 5.74) is 0.392. The molecule has 0 heterocycles. The number of aliphatic imine (C=N–C) groups is 1. The van der Waals surface area contributed by atoms with E-state index < -0.39 is 16.4 Å². The second kappa shape index (κ2) is 9.63. The molecule has 0 amide bonds. The van der Waals surface area contributed by atoms with E-state index in [4.69, 9.17) is 11.6 Å². The Morgan fingerprint density at radius 2 is 2.08 bits per heavy atom. The van der Waals surface area contributed by atoms with Crippen molar-refractivity contribution in [2.75, 3.05) is 25.1 Å². The highest BCUT2D eigenvalue weighted by molar-refractivity contribution is 7.90. The molecule has 0 atom stereocenters. The monoisotopic (exact) mass is 383 g/mol. The van der Waals surface area contributed by atoms with Gasteiger partial charge in [0.15, 0.2) is 5.96 Å². The second-order valence-corrected chi connectivity index (χ2v) is 7.58. The minimum absolute atomic E-state index is 0.00913. The summed E-state index contributed by atoms with van der Waals surface area (Å²) in [4.78, 5) is 4.23. The lowest BCUT2D eigenvalue weighted by Gasteiger charge is -2.12. The van der Waals surface area contributed by atoms with Crippen molar-refractivity contribution in [1.29, 1.82) is 0 Å². The van der Waals surface area contributed by atoms with Gasteiger partial charge in [0.1, 0.15) is 15.6 Å². The van der Waals surface area contributed by atoms with E-state index in [1.807, 2.05) is 6.92 Å². The van der Waals surface area contributed by atoms with Crippen molar-refractivity contribution in [1.82, 2.24) is 10.6 Å². The number of rotatable bonds is 8. The number of guanidine groups is 1. The van der Waals surface area contributed by atoms with Gasteiger partial charge in [0.05, 0.1) is 12.3 Å². The number of hydrogen-bond acceptors (Lipinski definition) is 4. The summed E-state index contributed by atoms with van der Waals surface area (Å²) in [6, 6.07) is 4.29. The molecule has 1 rings (SSSR count). The number of alkyl halides is 2. The van der Waals surface area contributed by atoms with Gasteiger partial charge in [-0.3, -0.25) is 0 Å². The number of benzene rings is 1. The summed E-state index contributed by atoms with van der Waals surface area (Å²) in [5.74, 6) is 0.308. The second-order valence-electron chi connectivity index (χ2n) is 4.88. The molecule has 1 aromatic rings. The van der Waals surface area contributed by atoms with Gasteiger partial charge in [0, 0.05) is 29.9 Å². The Kier molecular flexibility index (Phi) is 8.20. The van der Waals surface area contributed by atoms with Crippen LogP contribution in [0.5, 0.6) is 5.75 Å². The first-order valence-corrected chi connectivity index (χ1v) is 9.58. The van der Waals surface area contributed by atoms with E-state index in [1.54, 1.807) is 0 Å². The van der Waals surface area contributed by atoms with Crippen LogP contribution in [-0.4, -0.2) is 46.1 Å². The summed E-state index contributed by atoms with van der Waals surface area (Å²) < 4.78 is 51.6. The molecule has 0 bridgehead atoms. The van der Waals surface area contributed by atoms with E-state index in [2.05, 4.69) is 20.4 Å². The van der Waals surface area contributed by atoms with Crippen molar-refractivity contribution in [2.45, 2.75) is 20.1 Å². The molecule has 6 nitrogen and oxygen atoms in total. The molecule has 0 aliphatic rings. The first-order valence-electron chi connectivity index (χ1n) is 7.14. The van der Waals surface area contributed by atoms with Gasteiger partial charge >= 0.3 is 6.61 Å². The fourth-order valence-electron chi connectivity index (χ4n) is 1.74. The molecular formula is C14H20ClF2N3O3S. The first kappa shape index (κ1) is 20.4. The largest absolute Gasteiger partial charge is 0.434 e. The summed E-state index contributed by atoms with van der Waals surface area (Å²) >= 11 is 5.87. The Morgan fingerprint density at radius 1 is 1.38 bits per heavy atom. The Labute approximate surface area is 145 Å². The van der Waals surface area contributed by atoms with Crippen LogP contribution in [0.4, 0.5) is 8.78 Å². The molecule has 0 spiro atoms. The molecule has 0 radical (unpaired) electrons. The van der Waals surface area contributed by atoms with Gasteiger partial charge in [-0.1, -0.05) is 11.6 Å². The van der Waals surface area contributed by atoms with E-state index in [0.717, 1.165) is 6.26 Å². The third-order valence-corrected chi connectivity index (χ3v) is 3.94. The van der Waals surface area contributed by atoms with Crippen LogP contribution in [0, 0.1) is 0 Å². The molecule has 0 unspecified atom stereocenters. The van der Waals surface area contributed by atoms with E-state index in [-0.39, 0.29) is 24.6 Å². The van der Waals surface area contributed by atoms with Gasteiger partial charge in [-0.15, -0.1) is 0 Å². The maximum Gasteiger partial charge on any atom is 0.387 e. The van der Waals surface area contributed by atoms with Crippen molar-refractivity contribution in [2.24, 2.45) is 4.99 Å². The lowest BCUT2D eigenvalue weighted by Crippen LogP contribution is -2.39. The average Bonchev–Trinajstić information content (AvgIpc) is 2.45. The highest BCUT2D eigenvalue weighted by atomic mass is 35.5. The van der Waals surface area contributed by atoms with Gasteiger partial charge in [-0.25, -0.2) is 13.4 Å². The van der Waals surface area contributed by atoms with Crippen LogP contribution in [0.1, 0.15) is 12.5 Å². The fraction of sp³-hybridized carbons (Fsp3) is 0.500. The standard InChI is InChI=1S/C14H20ClF2N3O3S/c1-3-18-14(19-6-7-24(2,21)22)20-9-10-8-11(15)4-5-12(10)23-13(16)17/h4-5,8,13H,3,6-7,9H2,1-2H3,(H2,18,19,20). The van der Waals surface area contributed by atoms with Crippen LogP contribution < -0.4 is 15.4 Å². The van der Waals surface area contributed by atoms with Crippen molar-refractivity contribution >= 4 is 27.4 Å². The van der Waals surface area contributed by atoms with Crippen molar-refractivity contribution in [3.05, 3.63) is 28.8 Å². The molecule has 0 saturated carbocycles. The maximum absolute atomic E-state index is 12.4. The first-order chi connectivity index (χ1) is 11.2. The van der Waals surface area contributed by atoms with Gasteiger partial charge < -0.3 is 15.4 Å². The minimum Gasteiger partial charge on any atom is -0.434 e. The molecule has 10 heteroatoms. The van der Waals surface area contributed by atoms with Gasteiger partial charge in [-0.2, -0.15) is 8.78 Å². The minimum atomic E-state index is -3.09. The number of sulfone groups is 1. The van der Waals surface area contributed by atoms with Crippen LogP contribution >= 0.6 is 11.6 Å². The smallest absolute Gasteiger partial charge is 0.387 e. The Morgan fingerprint density at radius 3 is 2.67 bits per heavy atom. The van der Waals surface area contributed by atoms with Crippen LogP contribution in [-0.2, 0) is 16.4 Å². The Balaban J connectivity index is 2.83.